The Bertz CT molecular complexity index is 1020. The van der Waals surface area contributed by atoms with Gasteiger partial charge in [-0.2, -0.15) is 0 Å². The van der Waals surface area contributed by atoms with Crippen molar-refractivity contribution in [1.82, 2.24) is 14.8 Å². The van der Waals surface area contributed by atoms with Gasteiger partial charge < -0.3 is 9.80 Å². The van der Waals surface area contributed by atoms with E-state index in [1.165, 1.54) is 24.0 Å². The van der Waals surface area contributed by atoms with Crippen LogP contribution in [-0.2, 0) is 11.2 Å². The molecule has 1 aliphatic heterocycles. The number of para-hydroxylation sites is 1. The zero-order valence-electron chi connectivity index (χ0n) is 18.5. The number of thiazole rings is 1. The minimum absolute atomic E-state index is 0.0521. The molecule has 0 N–H and O–H groups in total. The first-order valence-corrected chi connectivity index (χ1v) is 12.0. The van der Waals surface area contributed by atoms with Crippen LogP contribution in [-0.4, -0.2) is 53.9 Å². The third-order valence-electron chi connectivity index (χ3n) is 6.15. The summed E-state index contributed by atoms with van der Waals surface area (Å²) in [7, 11) is 1.91. The van der Waals surface area contributed by atoms with Crippen molar-refractivity contribution in [2.45, 2.75) is 26.2 Å². The van der Waals surface area contributed by atoms with Crippen LogP contribution in [0.5, 0.6) is 0 Å². The van der Waals surface area contributed by atoms with Crippen molar-refractivity contribution in [3.05, 3.63) is 70.7 Å². The number of piperidine rings is 1. The Morgan fingerprint density at radius 2 is 2.03 bits per heavy atom. The van der Waals surface area contributed by atoms with Gasteiger partial charge in [-0.3, -0.25) is 4.79 Å². The number of carbonyl (C=O) groups is 1. The van der Waals surface area contributed by atoms with E-state index in [9.17, 15) is 4.79 Å². The number of rotatable bonds is 7. The lowest BCUT2D eigenvalue weighted by Gasteiger charge is -2.34. The molecule has 1 aliphatic rings. The second-order valence-electron chi connectivity index (χ2n) is 8.56. The van der Waals surface area contributed by atoms with Gasteiger partial charge in [0.25, 0.3) is 0 Å². The van der Waals surface area contributed by atoms with Crippen LogP contribution < -0.4 is 0 Å². The van der Waals surface area contributed by atoms with Crippen molar-refractivity contribution >= 4 is 33.5 Å². The summed E-state index contributed by atoms with van der Waals surface area (Å²) >= 11 is 1.62. The van der Waals surface area contributed by atoms with E-state index in [2.05, 4.69) is 47.1 Å². The van der Waals surface area contributed by atoms with Gasteiger partial charge >= 0.3 is 0 Å². The number of likely N-dealkylation sites (N-methyl/N-ethyl adjacent to an activating group) is 1. The van der Waals surface area contributed by atoms with Crippen LogP contribution in [0.2, 0.25) is 0 Å². The Morgan fingerprint density at radius 3 is 2.87 bits per heavy atom. The highest BCUT2D eigenvalue weighted by Gasteiger charge is 2.22. The van der Waals surface area contributed by atoms with Gasteiger partial charge in [0.2, 0.25) is 5.91 Å². The van der Waals surface area contributed by atoms with E-state index in [1.54, 1.807) is 17.4 Å². The fraction of sp³-hybridized carbons (Fsp3) is 0.385. The highest BCUT2D eigenvalue weighted by atomic mass is 32.1. The van der Waals surface area contributed by atoms with Crippen LogP contribution in [0.3, 0.4) is 0 Å². The van der Waals surface area contributed by atoms with Gasteiger partial charge in [0.1, 0.15) is 5.01 Å². The van der Waals surface area contributed by atoms with Gasteiger partial charge in [-0.1, -0.05) is 36.4 Å². The van der Waals surface area contributed by atoms with Crippen molar-refractivity contribution < 1.29 is 4.79 Å². The molecule has 1 aromatic heterocycles. The van der Waals surface area contributed by atoms with Gasteiger partial charge in [-0.25, -0.2) is 4.98 Å². The molecule has 3 aromatic rings. The third kappa shape index (κ3) is 5.81. The molecule has 0 spiro atoms. The van der Waals surface area contributed by atoms with Gasteiger partial charge in [0.05, 0.1) is 10.2 Å². The van der Waals surface area contributed by atoms with E-state index in [-0.39, 0.29) is 5.91 Å². The first-order chi connectivity index (χ1) is 15.1. The molecule has 1 unspecified atom stereocenters. The maximum absolute atomic E-state index is 12.6. The lowest BCUT2D eigenvalue weighted by molar-refractivity contribution is -0.125. The molecule has 0 aliphatic carbocycles. The summed E-state index contributed by atoms with van der Waals surface area (Å²) in [6, 6.07) is 16.7. The van der Waals surface area contributed by atoms with Crippen LogP contribution in [0, 0.1) is 12.8 Å². The summed E-state index contributed by atoms with van der Waals surface area (Å²) < 4.78 is 1.15. The molecule has 162 valence electrons. The Labute approximate surface area is 189 Å². The summed E-state index contributed by atoms with van der Waals surface area (Å²) in [6.07, 6.45) is 7.01. The number of benzene rings is 2. The smallest absolute Gasteiger partial charge is 0.246 e. The van der Waals surface area contributed by atoms with Gasteiger partial charge in [0, 0.05) is 32.8 Å². The molecule has 2 aromatic carbocycles. The Hall–Kier alpha value is -2.50. The summed E-state index contributed by atoms with van der Waals surface area (Å²) in [6.45, 7) is 6.33. The van der Waals surface area contributed by atoms with Crippen molar-refractivity contribution in [1.29, 1.82) is 0 Å². The average molecular weight is 434 g/mol. The van der Waals surface area contributed by atoms with Crippen molar-refractivity contribution in [2.24, 2.45) is 5.92 Å². The predicted molar refractivity (Wildman–Crippen MR) is 130 cm³/mol. The van der Waals surface area contributed by atoms with Crippen LogP contribution in [0.4, 0.5) is 0 Å². The molecule has 0 bridgehead atoms. The van der Waals surface area contributed by atoms with Crippen LogP contribution >= 0.6 is 11.3 Å². The van der Waals surface area contributed by atoms with E-state index in [0.29, 0.717) is 5.92 Å². The Kier molecular flexibility index (Phi) is 7.15. The SMILES string of the molecule is Cc1ccccc1CCN1CCCC(CN(C)C(=O)/C=C/c2nc3ccccc3s2)C1. The normalized spacial score (nSPS) is 17.4. The lowest BCUT2D eigenvalue weighted by atomic mass is 9.96. The Balaban J connectivity index is 1.27. The highest BCUT2D eigenvalue weighted by Crippen LogP contribution is 2.23. The average Bonchev–Trinajstić information content (AvgIpc) is 3.20. The molecule has 0 saturated carbocycles. The summed E-state index contributed by atoms with van der Waals surface area (Å²) in [5, 5.41) is 0.878. The molecule has 1 atom stereocenters. The predicted octanol–water partition coefficient (Wildman–Crippen LogP) is 5.03. The minimum Gasteiger partial charge on any atom is -0.342 e. The molecule has 5 heteroatoms. The number of hydrogen-bond donors (Lipinski definition) is 0. The number of fused-ring (bicyclic) bond motifs is 1. The second kappa shape index (κ2) is 10.2. The molecular weight excluding hydrogens is 402 g/mol. The topological polar surface area (TPSA) is 36.4 Å². The van der Waals surface area contributed by atoms with Crippen molar-refractivity contribution in [3.8, 4) is 0 Å². The minimum atomic E-state index is 0.0521. The number of amides is 1. The molecule has 1 fully saturated rings. The van der Waals surface area contributed by atoms with Crippen LogP contribution in [0.25, 0.3) is 16.3 Å². The monoisotopic (exact) mass is 433 g/mol. The van der Waals surface area contributed by atoms with E-state index >= 15 is 0 Å². The number of carbonyl (C=O) groups excluding carboxylic acids is 1. The fourth-order valence-corrected chi connectivity index (χ4v) is 5.25. The molecule has 0 radical (unpaired) electrons. The van der Waals surface area contributed by atoms with Crippen molar-refractivity contribution in [2.75, 3.05) is 33.2 Å². The molecule has 1 saturated heterocycles. The fourth-order valence-electron chi connectivity index (χ4n) is 4.38. The van der Waals surface area contributed by atoms with Gasteiger partial charge in [-0.15, -0.1) is 11.3 Å². The van der Waals surface area contributed by atoms with Crippen LogP contribution in [0.1, 0.15) is 29.0 Å². The highest BCUT2D eigenvalue weighted by molar-refractivity contribution is 7.19. The second-order valence-corrected chi connectivity index (χ2v) is 9.62. The molecule has 4 rings (SSSR count). The van der Waals surface area contributed by atoms with Gasteiger partial charge in [0.15, 0.2) is 0 Å². The van der Waals surface area contributed by atoms with E-state index < -0.39 is 0 Å². The van der Waals surface area contributed by atoms with E-state index in [1.807, 2.05) is 36.2 Å². The lowest BCUT2D eigenvalue weighted by Crippen LogP contribution is -2.42. The zero-order chi connectivity index (χ0) is 21.6. The van der Waals surface area contributed by atoms with E-state index in [4.69, 9.17) is 0 Å². The maximum Gasteiger partial charge on any atom is 0.246 e. The van der Waals surface area contributed by atoms with Gasteiger partial charge in [-0.05, 0) is 68.0 Å². The summed E-state index contributed by atoms with van der Waals surface area (Å²) in [5.74, 6) is 0.590. The molecule has 1 amide bonds. The standard InChI is InChI=1S/C26H31N3OS/c1-20-8-3-4-10-22(20)15-17-29-16-7-9-21(19-29)18-28(2)26(30)14-13-25-27-23-11-5-6-12-24(23)31-25/h3-6,8,10-14,21H,7,9,15-19H2,1-2H3/b14-13+. The molecule has 31 heavy (non-hydrogen) atoms. The third-order valence-corrected chi connectivity index (χ3v) is 7.15. The molecule has 2 heterocycles. The first kappa shape index (κ1) is 21.7. The van der Waals surface area contributed by atoms with E-state index in [0.717, 1.165) is 47.8 Å². The molecular formula is C26H31N3OS. The number of aryl methyl sites for hydroxylation is 1. The number of nitrogens with zero attached hydrogens (tertiary/aromatic N) is 3. The summed E-state index contributed by atoms with van der Waals surface area (Å²) in [4.78, 5) is 21.6. The number of hydrogen-bond acceptors (Lipinski definition) is 4. The summed E-state index contributed by atoms with van der Waals surface area (Å²) in [5.41, 5.74) is 3.80. The quantitative estimate of drug-likeness (QED) is 0.490. The maximum atomic E-state index is 12.6. The number of aromatic nitrogens is 1. The first-order valence-electron chi connectivity index (χ1n) is 11.1. The number of likely N-dealkylation sites (tertiary alicyclic amines) is 1. The molecule has 4 nitrogen and oxygen atoms in total. The zero-order valence-corrected chi connectivity index (χ0v) is 19.3. The largest absolute Gasteiger partial charge is 0.342 e. The van der Waals surface area contributed by atoms with Crippen LogP contribution in [0.15, 0.2) is 54.6 Å². The van der Waals surface area contributed by atoms with Crippen molar-refractivity contribution in [3.63, 3.8) is 0 Å². The Morgan fingerprint density at radius 1 is 1.23 bits per heavy atom.